The SMILES string of the molecule is COC(=O)c1c(COC(=O)c2ccc(C(C)(C)C)cc2)nc2ccc(OC)cc2[n+]1[O-]. The molecule has 1 heterocycles. The zero-order valence-corrected chi connectivity index (χ0v) is 18.1. The van der Waals surface area contributed by atoms with E-state index in [0.29, 0.717) is 21.6 Å². The summed E-state index contributed by atoms with van der Waals surface area (Å²) in [5.74, 6) is -1.04. The second-order valence-corrected chi connectivity index (χ2v) is 7.95. The van der Waals surface area contributed by atoms with Crippen LogP contribution in [0.25, 0.3) is 11.0 Å². The van der Waals surface area contributed by atoms with Crippen LogP contribution in [-0.4, -0.2) is 31.1 Å². The van der Waals surface area contributed by atoms with E-state index in [1.54, 1.807) is 24.3 Å². The number of nitrogens with zero attached hydrogens (tertiary/aromatic N) is 2. The van der Waals surface area contributed by atoms with E-state index in [9.17, 15) is 14.8 Å². The van der Waals surface area contributed by atoms with Gasteiger partial charge in [-0.3, -0.25) is 0 Å². The molecule has 162 valence electrons. The summed E-state index contributed by atoms with van der Waals surface area (Å²) in [5.41, 5.74) is 1.50. The summed E-state index contributed by atoms with van der Waals surface area (Å²) in [7, 11) is 2.62. The number of rotatable bonds is 5. The molecule has 8 nitrogen and oxygen atoms in total. The summed E-state index contributed by atoms with van der Waals surface area (Å²) < 4.78 is 15.6. The number of aromatic nitrogens is 2. The topological polar surface area (TPSA) is 102 Å². The van der Waals surface area contributed by atoms with Crippen molar-refractivity contribution in [3.8, 4) is 5.75 Å². The smallest absolute Gasteiger partial charge is 0.406 e. The molecule has 3 rings (SSSR count). The van der Waals surface area contributed by atoms with Crippen molar-refractivity contribution < 1.29 is 28.5 Å². The van der Waals surface area contributed by atoms with Crippen molar-refractivity contribution in [1.82, 2.24) is 4.98 Å². The summed E-state index contributed by atoms with van der Waals surface area (Å²) in [4.78, 5) is 29.1. The molecule has 0 aliphatic carbocycles. The lowest BCUT2D eigenvalue weighted by atomic mass is 9.87. The predicted octanol–water partition coefficient (Wildman–Crippen LogP) is 3.32. The Morgan fingerprint density at radius 1 is 1.03 bits per heavy atom. The van der Waals surface area contributed by atoms with E-state index < -0.39 is 11.9 Å². The number of ether oxygens (including phenoxy) is 3. The fraction of sp³-hybridized carbons (Fsp3) is 0.304. The van der Waals surface area contributed by atoms with Crippen molar-refractivity contribution in [3.05, 3.63) is 70.2 Å². The molecule has 0 aliphatic heterocycles. The molecular formula is C23H24N2O6. The molecule has 0 unspecified atom stereocenters. The molecule has 0 fully saturated rings. The van der Waals surface area contributed by atoms with Crippen LogP contribution in [0.4, 0.5) is 0 Å². The van der Waals surface area contributed by atoms with Crippen molar-refractivity contribution in [2.75, 3.05) is 14.2 Å². The fourth-order valence-electron chi connectivity index (χ4n) is 3.05. The van der Waals surface area contributed by atoms with E-state index in [-0.39, 0.29) is 28.9 Å². The highest BCUT2D eigenvalue weighted by molar-refractivity contribution is 5.90. The van der Waals surface area contributed by atoms with Crippen LogP contribution in [0.15, 0.2) is 42.5 Å². The summed E-state index contributed by atoms with van der Waals surface area (Å²) >= 11 is 0. The summed E-state index contributed by atoms with van der Waals surface area (Å²) in [6.45, 7) is 5.87. The zero-order valence-electron chi connectivity index (χ0n) is 18.1. The standard InChI is InChI=1S/C23H24N2O6/c1-23(2,3)15-8-6-14(7-9-15)21(26)31-13-18-20(22(27)30-5)25(28)19-12-16(29-4)10-11-17(19)24-18/h6-12H,13H2,1-5H3. The van der Waals surface area contributed by atoms with Gasteiger partial charge in [0.2, 0.25) is 5.52 Å². The van der Waals surface area contributed by atoms with E-state index in [0.717, 1.165) is 12.7 Å². The molecule has 0 saturated heterocycles. The van der Waals surface area contributed by atoms with Gasteiger partial charge in [-0.25, -0.2) is 14.6 Å². The molecule has 2 aromatic carbocycles. The Labute approximate surface area is 180 Å². The Bertz CT molecular complexity index is 1130. The largest absolute Gasteiger partial charge is 0.618 e. The molecule has 0 bridgehead atoms. The van der Waals surface area contributed by atoms with Crippen molar-refractivity contribution >= 4 is 23.0 Å². The minimum Gasteiger partial charge on any atom is -0.618 e. The molecule has 0 radical (unpaired) electrons. The average molecular weight is 424 g/mol. The van der Waals surface area contributed by atoms with Gasteiger partial charge in [-0.05, 0) is 35.2 Å². The lowest BCUT2D eigenvalue weighted by molar-refractivity contribution is -0.581. The van der Waals surface area contributed by atoms with Gasteiger partial charge in [-0.2, -0.15) is 4.73 Å². The molecule has 0 aliphatic rings. The molecule has 0 N–H and O–H groups in total. The van der Waals surface area contributed by atoms with E-state index >= 15 is 0 Å². The van der Waals surface area contributed by atoms with Crippen molar-refractivity contribution in [2.24, 2.45) is 0 Å². The number of carbonyl (C=O) groups excluding carboxylic acids is 2. The molecule has 31 heavy (non-hydrogen) atoms. The second-order valence-electron chi connectivity index (χ2n) is 7.95. The molecule has 0 spiro atoms. The Kier molecular flexibility index (Phi) is 6.10. The van der Waals surface area contributed by atoms with E-state index in [1.807, 2.05) is 12.1 Å². The average Bonchev–Trinajstić information content (AvgIpc) is 2.76. The maximum absolute atomic E-state index is 12.8. The number of carbonyl (C=O) groups is 2. The Morgan fingerprint density at radius 2 is 1.71 bits per heavy atom. The third-order valence-corrected chi connectivity index (χ3v) is 4.84. The Balaban J connectivity index is 1.91. The summed E-state index contributed by atoms with van der Waals surface area (Å²) in [5, 5.41) is 12.8. The van der Waals surface area contributed by atoms with Gasteiger partial charge < -0.3 is 19.4 Å². The van der Waals surface area contributed by atoms with Gasteiger partial charge in [0, 0.05) is 0 Å². The zero-order chi connectivity index (χ0) is 22.8. The highest BCUT2D eigenvalue weighted by Gasteiger charge is 2.28. The van der Waals surface area contributed by atoms with Crippen LogP contribution in [0.2, 0.25) is 0 Å². The van der Waals surface area contributed by atoms with Crippen molar-refractivity contribution in [1.29, 1.82) is 0 Å². The first-order chi connectivity index (χ1) is 14.7. The number of methoxy groups -OCH3 is 2. The van der Waals surface area contributed by atoms with Gasteiger partial charge in [-0.1, -0.05) is 32.9 Å². The molecule has 0 atom stereocenters. The Hall–Kier alpha value is -3.68. The highest BCUT2D eigenvalue weighted by atomic mass is 16.5. The summed E-state index contributed by atoms with van der Waals surface area (Å²) in [6, 6.07) is 11.8. The molecule has 0 amide bonds. The maximum Gasteiger partial charge on any atom is 0.406 e. The van der Waals surface area contributed by atoms with Crippen molar-refractivity contribution in [2.45, 2.75) is 32.8 Å². The molecule has 3 aromatic rings. The first kappa shape index (κ1) is 22.0. The van der Waals surface area contributed by atoms with Gasteiger partial charge in [0.25, 0.3) is 0 Å². The van der Waals surface area contributed by atoms with Crippen LogP contribution >= 0.6 is 0 Å². The monoisotopic (exact) mass is 424 g/mol. The minimum atomic E-state index is -0.882. The number of esters is 2. The molecule has 8 heteroatoms. The van der Waals surface area contributed by atoms with Crippen LogP contribution in [0.5, 0.6) is 5.75 Å². The number of hydrogen-bond donors (Lipinski definition) is 0. The molecule has 0 saturated carbocycles. The van der Waals surface area contributed by atoms with Gasteiger partial charge in [0.15, 0.2) is 5.69 Å². The summed E-state index contributed by atoms with van der Waals surface area (Å²) in [6.07, 6.45) is 0. The van der Waals surface area contributed by atoms with Crippen LogP contribution in [0.3, 0.4) is 0 Å². The van der Waals surface area contributed by atoms with Gasteiger partial charge >= 0.3 is 17.6 Å². The lowest BCUT2D eigenvalue weighted by Crippen LogP contribution is -2.38. The van der Waals surface area contributed by atoms with Gasteiger partial charge in [0.1, 0.15) is 17.9 Å². The van der Waals surface area contributed by atoms with Crippen LogP contribution in [0, 0.1) is 5.21 Å². The predicted molar refractivity (Wildman–Crippen MR) is 113 cm³/mol. The lowest BCUT2D eigenvalue weighted by Gasteiger charge is -2.18. The third-order valence-electron chi connectivity index (χ3n) is 4.84. The second kappa shape index (κ2) is 8.59. The molecule has 1 aromatic heterocycles. The number of benzene rings is 2. The van der Waals surface area contributed by atoms with Gasteiger partial charge in [0.05, 0.1) is 25.8 Å². The Morgan fingerprint density at radius 3 is 2.29 bits per heavy atom. The first-order valence-electron chi connectivity index (χ1n) is 9.62. The van der Waals surface area contributed by atoms with E-state index in [2.05, 4.69) is 25.8 Å². The number of hydrogen-bond acceptors (Lipinski definition) is 7. The maximum atomic E-state index is 12.8. The third kappa shape index (κ3) is 4.58. The van der Waals surface area contributed by atoms with Gasteiger partial charge in [-0.15, -0.1) is 0 Å². The normalized spacial score (nSPS) is 11.3. The highest BCUT2D eigenvalue weighted by Crippen LogP contribution is 2.23. The van der Waals surface area contributed by atoms with E-state index in [1.165, 1.54) is 13.2 Å². The molecular weight excluding hydrogens is 400 g/mol. The van der Waals surface area contributed by atoms with Crippen LogP contribution < -0.4 is 9.47 Å². The minimum absolute atomic E-state index is 0.000761. The van der Waals surface area contributed by atoms with E-state index in [4.69, 9.17) is 14.2 Å². The van der Waals surface area contributed by atoms with Crippen molar-refractivity contribution in [3.63, 3.8) is 0 Å². The number of fused-ring (bicyclic) bond motifs is 1. The first-order valence-corrected chi connectivity index (χ1v) is 9.62. The quantitative estimate of drug-likeness (QED) is 0.352. The fourth-order valence-corrected chi connectivity index (χ4v) is 3.05. The van der Waals surface area contributed by atoms with Crippen LogP contribution in [0.1, 0.15) is 52.9 Å². The van der Waals surface area contributed by atoms with Crippen LogP contribution in [-0.2, 0) is 21.5 Å².